The minimum absolute atomic E-state index is 0. The second-order valence-corrected chi connectivity index (χ2v) is 6.70. The fraction of sp³-hybridized carbons (Fsp3) is 0.400. The lowest BCUT2D eigenvalue weighted by atomic mass is 9.98. The van der Waals surface area contributed by atoms with Crippen molar-refractivity contribution in [2.24, 2.45) is 5.73 Å². The topological polar surface area (TPSA) is 38.9 Å². The first kappa shape index (κ1) is 16.2. The van der Waals surface area contributed by atoms with Crippen molar-refractivity contribution in [3.05, 3.63) is 39.7 Å². The lowest BCUT2D eigenvalue weighted by Crippen LogP contribution is -2.10. The van der Waals surface area contributed by atoms with Crippen molar-refractivity contribution in [3.63, 3.8) is 0 Å². The fourth-order valence-electron chi connectivity index (χ4n) is 1.83. The van der Waals surface area contributed by atoms with Gasteiger partial charge in [-0.1, -0.05) is 44.5 Å². The normalized spacial score (nSPS) is 11.2. The molecular weight excluding hydrogens is 276 g/mol. The minimum Gasteiger partial charge on any atom is -0.326 e. The summed E-state index contributed by atoms with van der Waals surface area (Å²) in [5.74, 6) is 0. The molecule has 104 valence electrons. The van der Waals surface area contributed by atoms with E-state index in [4.69, 9.17) is 10.7 Å². The Morgan fingerprint density at radius 3 is 2.47 bits per heavy atom. The first-order chi connectivity index (χ1) is 8.41. The molecule has 0 amide bonds. The van der Waals surface area contributed by atoms with Gasteiger partial charge in [0, 0.05) is 22.4 Å². The molecule has 0 atom stereocenters. The van der Waals surface area contributed by atoms with Crippen LogP contribution in [0.15, 0.2) is 24.3 Å². The van der Waals surface area contributed by atoms with E-state index >= 15 is 0 Å². The van der Waals surface area contributed by atoms with Crippen molar-refractivity contribution in [2.45, 2.75) is 39.7 Å². The summed E-state index contributed by atoms with van der Waals surface area (Å²) in [7, 11) is 0. The molecule has 19 heavy (non-hydrogen) atoms. The zero-order valence-electron chi connectivity index (χ0n) is 11.9. The first-order valence-electron chi connectivity index (χ1n) is 6.19. The van der Waals surface area contributed by atoms with Crippen LogP contribution < -0.4 is 5.73 Å². The van der Waals surface area contributed by atoms with Crippen molar-refractivity contribution >= 4 is 23.7 Å². The van der Waals surface area contributed by atoms with E-state index < -0.39 is 0 Å². The molecule has 2 N–H and O–H groups in total. The number of benzene rings is 1. The van der Waals surface area contributed by atoms with E-state index in [9.17, 15) is 0 Å². The first-order valence-corrected chi connectivity index (χ1v) is 7.01. The molecular formula is C15H21ClN2S. The van der Waals surface area contributed by atoms with E-state index in [1.54, 1.807) is 11.3 Å². The molecule has 0 bridgehead atoms. The molecule has 0 aliphatic heterocycles. The molecule has 1 aromatic heterocycles. The summed E-state index contributed by atoms with van der Waals surface area (Å²) in [6.45, 7) is 9.21. The SMILES string of the molecule is Cc1cccc(-c2nc(C(C)(C)C)sc2CN)c1.Cl. The molecule has 1 aromatic carbocycles. The second kappa shape index (κ2) is 6.04. The van der Waals surface area contributed by atoms with Crippen LogP contribution in [0, 0.1) is 6.92 Å². The molecule has 0 saturated heterocycles. The van der Waals surface area contributed by atoms with Gasteiger partial charge in [0.1, 0.15) is 0 Å². The van der Waals surface area contributed by atoms with Gasteiger partial charge >= 0.3 is 0 Å². The number of hydrogen-bond donors (Lipinski definition) is 1. The van der Waals surface area contributed by atoms with E-state index in [-0.39, 0.29) is 17.8 Å². The van der Waals surface area contributed by atoms with Crippen molar-refractivity contribution in [1.82, 2.24) is 4.98 Å². The molecule has 0 spiro atoms. The third-order valence-electron chi connectivity index (χ3n) is 2.82. The summed E-state index contributed by atoms with van der Waals surface area (Å²) in [6, 6.07) is 8.44. The summed E-state index contributed by atoms with van der Waals surface area (Å²) in [5.41, 5.74) is 9.40. The largest absolute Gasteiger partial charge is 0.326 e. The highest BCUT2D eigenvalue weighted by Gasteiger charge is 2.21. The van der Waals surface area contributed by atoms with Crippen LogP contribution in [0.3, 0.4) is 0 Å². The molecule has 0 fully saturated rings. The van der Waals surface area contributed by atoms with Gasteiger partial charge in [-0.3, -0.25) is 0 Å². The van der Waals surface area contributed by atoms with Crippen LogP contribution in [0.1, 0.15) is 36.2 Å². The number of nitrogens with two attached hydrogens (primary N) is 1. The Bertz CT molecular complexity index is 556. The molecule has 2 aromatic rings. The average Bonchev–Trinajstić information content (AvgIpc) is 2.72. The third kappa shape index (κ3) is 3.56. The maximum atomic E-state index is 5.85. The number of aryl methyl sites for hydroxylation is 1. The molecule has 0 unspecified atom stereocenters. The van der Waals surface area contributed by atoms with E-state index in [1.165, 1.54) is 16.0 Å². The van der Waals surface area contributed by atoms with Gasteiger partial charge in [0.05, 0.1) is 10.7 Å². The number of halogens is 1. The number of hydrogen-bond acceptors (Lipinski definition) is 3. The second-order valence-electron chi connectivity index (χ2n) is 5.61. The Labute approximate surface area is 125 Å². The summed E-state index contributed by atoms with van der Waals surface area (Å²) in [6.07, 6.45) is 0. The zero-order valence-corrected chi connectivity index (χ0v) is 13.5. The highest BCUT2D eigenvalue weighted by molar-refractivity contribution is 7.12. The van der Waals surface area contributed by atoms with E-state index in [0.717, 1.165) is 10.7 Å². The third-order valence-corrected chi connectivity index (χ3v) is 4.32. The zero-order chi connectivity index (χ0) is 13.3. The Balaban J connectivity index is 0.00000180. The van der Waals surface area contributed by atoms with Crippen LogP contribution in [0.2, 0.25) is 0 Å². The molecule has 4 heteroatoms. The summed E-state index contributed by atoms with van der Waals surface area (Å²) in [4.78, 5) is 5.97. The molecule has 0 saturated carbocycles. The maximum absolute atomic E-state index is 5.85. The summed E-state index contributed by atoms with van der Waals surface area (Å²) < 4.78 is 0. The van der Waals surface area contributed by atoms with Crippen molar-refractivity contribution in [2.75, 3.05) is 0 Å². The molecule has 2 rings (SSSR count). The Morgan fingerprint density at radius 2 is 1.95 bits per heavy atom. The lowest BCUT2D eigenvalue weighted by Gasteiger charge is -2.13. The Kier molecular flexibility index (Phi) is 5.13. The van der Waals surface area contributed by atoms with Gasteiger partial charge in [-0.25, -0.2) is 4.98 Å². The quantitative estimate of drug-likeness (QED) is 0.897. The lowest BCUT2D eigenvalue weighted by molar-refractivity contribution is 0.586. The van der Waals surface area contributed by atoms with E-state index in [2.05, 4.69) is 52.0 Å². The van der Waals surface area contributed by atoms with Crippen molar-refractivity contribution in [3.8, 4) is 11.3 Å². The summed E-state index contributed by atoms with van der Waals surface area (Å²) >= 11 is 1.73. The van der Waals surface area contributed by atoms with Gasteiger partial charge in [0.25, 0.3) is 0 Å². The van der Waals surface area contributed by atoms with Crippen LogP contribution in [-0.4, -0.2) is 4.98 Å². The van der Waals surface area contributed by atoms with Crippen LogP contribution in [0.4, 0.5) is 0 Å². The predicted molar refractivity (Wildman–Crippen MR) is 86.1 cm³/mol. The van der Waals surface area contributed by atoms with Gasteiger partial charge in [-0.15, -0.1) is 23.7 Å². The van der Waals surface area contributed by atoms with Gasteiger partial charge < -0.3 is 5.73 Å². The highest BCUT2D eigenvalue weighted by atomic mass is 35.5. The molecule has 0 aliphatic rings. The molecule has 1 heterocycles. The van der Waals surface area contributed by atoms with Crippen LogP contribution in [0.25, 0.3) is 11.3 Å². The highest BCUT2D eigenvalue weighted by Crippen LogP contribution is 2.34. The molecule has 2 nitrogen and oxygen atoms in total. The van der Waals surface area contributed by atoms with Crippen LogP contribution in [0.5, 0.6) is 0 Å². The van der Waals surface area contributed by atoms with E-state index in [0.29, 0.717) is 6.54 Å². The van der Waals surface area contributed by atoms with Crippen LogP contribution >= 0.6 is 23.7 Å². The number of nitrogens with zero attached hydrogens (tertiary/aromatic N) is 1. The number of rotatable bonds is 2. The number of thiazole rings is 1. The molecule has 0 radical (unpaired) electrons. The van der Waals surface area contributed by atoms with Crippen LogP contribution in [-0.2, 0) is 12.0 Å². The fourth-order valence-corrected chi connectivity index (χ4v) is 2.85. The Hall–Kier alpha value is -0.900. The minimum atomic E-state index is 0. The van der Waals surface area contributed by atoms with Gasteiger partial charge in [0.2, 0.25) is 0 Å². The standard InChI is InChI=1S/C15H20N2S.ClH/c1-10-6-5-7-11(8-10)13-12(9-16)18-14(17-13)15(2,3)4;/h5-8H,9,16H2,1-4H3;1H. The molecule has 0 aliphatic carbocycles. The van der Waals surface area contributed by atoms with Crippen molar-refractivity contribution in [1.29, 1.82) is 0 Å². The smallest absolute Gasteiger partial charge is 0.0989 e. The van der Waals surface area contributed by atoms with Gasteiger partial charge in [0.15, 0.2) is 0 Å². The maximum Gasteiger partial charge on any atom is 0.0989 e. The van der Waals surface area contributed by atoms with E-state index in [1.807, 2.05) is 0 Å². The number of aromatic nitrogens is 1. The van der Waals surface area contributed by atoms with Gasteiger partial charge in [-0.05, 0) is 13.0 Å². The van der Waals surface area contributed by atoms with Gasteiger partial charge in [-0.2, -0.15) is 0 Å². The Morgan fingerprint density at radius 1 is 1.26 bits per heavy atom. The average molecular weight is 297 g/mol. The van der Waals surface area contributed by atoms with Crippen molar-refractivity contribution < 1.29 is 0 Å². The summed E-state index contributed by atoms with van der Waals surface area (Å²) in [5, 5.41) is 1.15. The monoisotopic (exact) mass is 296 g/mol. The predicted octanol–water partition coefficient (Wildman–Crippen LogP) is 4.30.